The first-order valence-corrected chi connectivity index (χ1v) is 16.3. The van der Waals surface area contributed by atoms with Gasteiger partial charge in [0.25, 0.3) is 5.91 Å². The highest BCUT2D eigenvalue weighted by atomic mass is 16.6. The predicted molar refractivity (Wildman–Crippen MR) is 180 cm³/mol. The number of esters is 1. The van der Waals surface area contributed by atoms with Crippen LogP contribution >= 0.6 is 0 Å². The number of carbonyl (C=O) groups excluding carboxylic acids is 3. The zero-order valence-electron chi connectivity index (χ0n) is 26.7. The van der Waals surface area contributed by atoms with E-state index >= 15 is 0 Å². The standard InChI is InChI=1S/C40H38N2O5/c1-25(43)47-40(2,35-18-10-17-31-33-20-19-27-13-6-8-15-29(27)32(33)21-22-34(31)35)37-30-16-9-7-14-28(30)23-36(38(44)42-37)41-39(45)46-24-26-11-4-3-5-12-26/h3-9,11-16,21-23,35,37H,10,17-20,24H2,1-2H3,(H,41,45)(H,42,44)/t35-,37?,40?/m0/s1. The van der Waals surface area contributed by atoms with Crippen LogP contribution in [0.5, 0.6) is 0 Å². The van der Waals surface area contributed by atoms with E-state index in [4.69, 9.17) is 9.47 Å². The van der Waals surface area contributed by atoms with Gasteiger partial charge in [0.15, 0.2) is 0 Å². The molecule has 3 aliphatic rings. The van der Waals surface area contributed by atoms with Gasteiger partial charge in [0.2, 0.25) is 0 Å². The molecular weight excluding hydrogens is 588 g/mol. The highest BCUT2D eigenvalue weighted by Gasteiger charge is 2.49. The maximum atomic E-state index is 13.9. The van der Waals surface area contributed by atoms with Gasteiger partial charge in [-0.25, -0.2) is 4.79 Å². The van der Waals surface area contributed by atoms with Gasteiger partial charge < -0.3 is 14.8 Å². The lowest BCUT2D eigenvalue weighted by atomic mass is 9.67. The van der Waals surface area contributed by atoms with Crippen LogP contribution in [0.25, 0.3) is 17.2 Å². The van der Waals surface area contributed by atoms with Gasteiger partial charge in [0.05, 0.1) is 6.04 Å². The lowest BCUT2D eigenvalue weighted by Gasteiger charge is -2.46. The van der Waals surface area contributed by atoms with E-state index in [0.717, 1.165) is 48.8 Å². The Labute approximate surface area is 275 Å². The van der Waals surface area contributed by atoms with Gasteiger partial charge in [-0.05, 0) is 95.2 Å². The van der Waals surface area contributed by atoms with E-state index in [2.05, 4.69) is 47.0 Å². The molecule has 7 nitrogen and oxygen atoms in total. The fraction of sp³-hybridized carbons (Fsp3) is 0.275. The minimum Gasteiger partial charge on any atom is -0.456 e. The maximum absolute atomic E-state index is 13.9. The molecule has 2 N–H and O–H groups in total. The summed E-state index contributed by atoms with van der Waals surface area (Å²) in [5, 5.41) is 5.81. The molecule has 7 heteroatoms. The van der Waals surface area contributed by atoms with Gasteiger partial charge in [0.1, 0.15) is 17.9 Å². The van der Waals surface area contributed by atoms with Crippen molar-refractivity contribution in [3.8, 4) is 11.1 Å². The molecule has 0 saturated carbocycles. The number of benzene rings is 4. The molecule has 4 aromatic carbocycles. The Morgan fingerprint density at radius 2 is 1.62 bits per heavy atom. The van der Waals surface area contributed by atoms with Crippen LogP contribution < -0.4 is 10.6 Å². The van der Waals surface area contributed by atoms with E-state index in [9.17, 15) is 14.4 Å². The summed E-state index contributed by atoms with van der Waals surface area (Å²) >= 11 is 0. The van der Waals surface area contributed by atoms with E-state index in [-0.39, 0.29) is 18.2 Å². The largest absolute Gasteiger partial charge is 0.456 e. The summed E-state index contributed by atoms with van der Waals surface area (Å²) in [4.78, 5) is 39.6. The number of fused-ring (bicyclic) bond motifs is 6. The molecule has 238 valence electrons. The van der Waals surface area contributed by atoms with Crippen LogP contribution in [0, 0.1) is 0 Å². The van der Waals surface area contributed by atoms with E-state index < -0.39 is 29.6 Å². The van der Waals surface area contributed by atoms with E-state index in [0.29, 0.717) is 0 Å². The first kappa shape index (κ1) is 30.5. The summed E-state index contributed by atoms with van der Waals surface area (Å²) in [5.74, 6) is -1.08. The van der Waals surface area contributed by atoms with Crippen molar-refractivity contribution in [2.75, 3.05) is 0 Å². The topological polar surface area (TPSA) is 93.7 Å². The number of alkyl carbamates (subject to hydrolysis) is 1. The zero-order valence-corrected chi connectivity index (χ0v) is 26.7. The zero-order chi connectivity index (χ0) is 32.5. The first-order valence-electron chi connectivity index (χ1n) is 16.3. The number of carbonyl (C=O) groups is 3. The molecule has 47 heavy (non-hydrogen) atoms. The lowest BCUT2D eigenvalue weighted by molar-refractivity contribution is -0.163. The SMILES string of the molecule is CC(=O)OC(C)(C1NC(=O)C(NC(=O)OCc2ccccc2)=Cc2ccccc21)[C@H]1CCCc2c1ccc1c2CCc2ccccc2-1. The van der Waals surface area contributed by atoms with Crippen molar-refractivity contribution in [1.82, 2.24) is 10.6 Å². The third-order valence-electron chi connectivity index (χ3n) is 9.92. The summed E-state index contributed by atoms with van der Waals surface area (Å²) in [6.45, 7) is 3.43. The number of rotatable bonds is 6. The summed E-state index contributed by atoms with van der Waals surface area (Å²) in [6.07, 6.45) is 5.58. The number of ether oxygens (including phenoxy) is 2. The predicted octanol–water partition coefficient (Wildman–Crippen LogP) is 7.33. The molecule has 3 atom stereocenters. The van der Waals surface area contributed by atoms with Crippen molar-refractivity contribution in [1.29, 1.82) is 0 Å². The van der Waals surface area contributed by atoms with Crippen LogP contribution in [0.3, 0.4) is 0 Å². The first-order chi connectivity index (χ1) is 22.8. The molecule has 1 aliphatic heterocycles. The average molecular weight is 627 g/mol. The molecule has 2 aliphatic carbocycles. The Balaban J connectivity index is 1.23. The second-order valence-corrected chi connectivity index (χ2v) is 12.8. The Morgan fingerprint density at radius 1 is 0.851 bits per heavy atom. The summed E-state index contributed by atoms with van der Waals surface area (Å²) in [6, 6.07) is 29.3. The fourth-order valence-corrected chi connectivity index (χ4v) is 7.83. The molecule has 2 unspecified atom stereocenters. The van der Waals surface area contributed by atoms with Crippen molar-refractivity contribution in [2.24, 2.45) is 0 Å². The van der Waals surface area contributed by atoms with Crippen molar-refractivity contribution in [3.63, 3.8) is 0 Å². The van der Waals surface area contributed by atoms with E-state index in [1.165, 1.54) is 40.3 Å². The van der Waals surface area contributed by atoms with Crippen molar-refractivity contribution < 1.29 is 23.9 Å². The molecule has 0 radical (unpaired) electrons. The third-order valence-corrected chi connectivity index (χ3v) is 9.92. The molecule has 0 spiro atoms. The summed E-state index contributed by atoms with van der Waals surface area (Å²) < 4.78 is 11.8. The van der Waals surface area contributed by atoms with Crippen molar-refractivity contribution in [2.45, 2.75) is 70.1 Å². The number of hydrogen-bond donors (Lipinski definition) is 2. The molecule has 0 fully saturated rings. The third kappa shape index (κ3) is 5.82. The van der Waals surface area contributed by atoms with Crippen molar-refractivity contribution in [3.05, 3.63) is 136 Å². The molecular formula is C40H38N2O5. The molecule has 0 bridgehead atoms. The van der Waals surface area contributed by atoms with Gasteiger partial charge in [-0.1, -0.05) is 91.0 Å². The van der Waals surface area contributed by atoms with Gasteiger partial charge in [-0.3, -0.25) is 14.9 Å². The normalized spacial score (nSPS) is 19.2. The summed E-state index contributed by atoms with van der Waals surface area (Å²) in [5.41, 5.74) is 9.13. The van der Waals surface area contributed by atoms with Crippen LogP contribution in [0.4, 0.5) is 4.79 Å². The Kier molecular flexibility index (Phi) is 8.14. The minimum absolute atomic E-state index is 0.0555. The Hall–Kier alpha value is -5.17. The highest BCUT2D eigenvalue weighted by molar-refractivity contribution is 6.01. The number of amides is 2. The van der Waals surface area contributed by atoms with Gasteiger partial charge >= 0.3 is 12.1 Å². The van der Waals surface area contributed by atoms with Crippen LogP contribution in [-0.4, -0.2) is 23.6 Å². The van der Waals surface area contributed by atoms with E-state index in [1.54, 1.807) is 6.08 Å². The smallest absolute Gasteiger partial charge is 0.412 e. The quantitative estimate of drug-likeness (QED) is 0.219. The molecule has 0 saturated heterocycles. The number of aryl methyl sites for hydroxylation is 1. The van der Waals surface area contributed by atoms with Crippen LogP contribution in [0.15, 0.2) is 96.7 Å². The lowest BCUT2D eigenvalue weighted by Crippen LogP contribution is -2.52. The van der Waals surface area contributed by atoms with E-state index in [1.807, 2.05) is 61.5 Å². The second kappa shape index (κ2) is 12.6. The molecule has 7 rings (SSSR count). The number of hydrogen-bond acceptors (Lipinski definition) is 5. The van der Waals surface area contributed by atoms with Crippen LogP contribution in [0.2, 0.25) is 0 Å². The highest BCUT2D eigenvalue weighted by Crippen LogP contribution is 2.50. The number of nitrogens with one attached hydrogen (secondary N) is 2. The molecule has 2 amide bonds. The summed E-state index contributed by atoms with van der Waals surface area (Å²) in [7, 11) is 0. The van der Waals surface area contributed by atoms with Gasteiger partial charge in [-0.2, -0.15) is 0 Å². The molecule has 4 aromatic rings. The Bertz CT molecular complexity index is 1900. The van der Waals surface area contributed by atoms with Crippen LogP contribution in [-0.2, 0) is 44.9 Å². The molecule has 1 heterocycles. The second-order valence-electron chi connectivity index (χ2n) is 12.8. The Morgan fingerprint density at radius 3 is 2.45 bits per heavy atom. The fourth-order valence-electron chi connectivity index (χ4n) is 7.83. The van der Waals surface area contributed by atoms with Gasteiger partial charge in [-0.15, -0.1) is 0 Å². The van der Waals surface area contributed by atoms with Crippen molar-refractivity contribution >= 4 is 24.0 Å². The maximum Gasteiger partial charge on any atom is 0.412 e. The van der Waals surface area contributed by atoms with Crippen LogP contribution in [0.1, 0.15) is 77.6 Å². The molecule has 0 aromatic heterocycles. The minimum atomic E-state index is -1.13. The monoisotopic (exact) mass is 626 g/mol. The average Bonchev–Trinajstić information content (AvgIpc) is 3.23. The van der Waals surface area contributed by atoms with Gasteiger partial charge in [0, 0.05) is 12.8 Å².